The van der Waals surface area contributed by atoms with E-state index in [9.17, 15) is 24.7 Å². The van der Waals surface area contributed by atoms with E-state index in [4.69, 9.17) is 9.47 Å². The predicted octanol–water partition coefficient (Wildman–Crippen LogP) is 0.510. The van der Waals surface area contributed by atoms with Crippen molar-refractivity contribution in [2.24, 2.45) is 0 Å². The lowest BCUT2D eigenvalue weighted by molar-refractivity contribution is -0.261. The first kappa shape index (κ1) is 25.3. The zero-order valence-corrected chi connectivity index (χ0v) is 20.0. The number of methoxy groups -OCH3 is 1. The minimum atomic E-state index is -3.45. The van der Waals surface area contributed by atoms with Gasteiger partial charge in [-0.3, -0.25) is 4.79 Å². The molecule has 5 atom stereocenters. The van der Waals surface area contributed by atoms with Crippen molar-refractivity contribution in [2.45, 2.75) is 30.6 Å². The molecule has 3 unspecified atom stereocenters. The van der Waals surface area contributed by atoms with E-state index in [1.807, 2.05) is 12.1 Å². The molecule has 1 aliphatic rings. The number of hydrogen-bond donors (Lipinski definition) is 4. The Morgan fingerprint density at radius 2 is 1.46 bits per heavy atom. The largest absolute Gasteiger partial charge is 0.394 e. The van der Waals surface area contributed by atoms with Crippen LogP contribution < -0.4 is 21.2 Å². The molecule has 1 saturated heterocycles. The molecule has 1 amide bonds. The highest BCUT2D eigenvalue weighted by molar-refractivity contribution is 7.85. The van der Waals surface area contributed by atoms with Gasteiger partial charge >= 0.3 is 0 Å². The van der Waals surface area contributed by atoms with E-state index in [0.29, 0.717) is 15.9 Å². The lowest BCUT2D eigenvalue weighted by Crippen LogP contribution is -2.64. The first-order valence-electron chi connectivity index (χ1n) is 11.2. The molecule has 4 N–H and O–H groups in total. The van der Waals surface area contributed by atoms with Gasteiger partial charge < -0.3 is 34.7 Å². The highest BCUT2D eigenvalue weighted by Gasteiger charge is 2.45. The lowest BCUT2D eigenvalue weighted by Gasteiger charge is -2.41. The summed E-state index contributed by atoms with van der Waals surface area (Å²) >= 11 is 0. The van der Waals surface area contributed by atoms with Gasteiger partial charge in [0.25, 0.3) is 5.91 Å². The van der Waals surface area contributed by atoms with Gasteiger partial charge in [-0.15, -0.1) is 0 Å². The molecule has 0 aromatic heterocycles. The number of aliphatic hydroxyl groups excluding tert-OH is 3. The van der Waals surface area contributed by atoms with Crippen LogP contribution in [0.1, 0.15) is 10.4 Å². The number of amides is 1. The van der Waals surface area contributed by atoms with Crippen LogP contribution in [-0.2, 0) is 14.0 Å². The Kier molecular flexibility index (Phi) is 7.82. The molecule has 184 valence electrons. The summed E-state index contributed by atoms with van der Waals surface area (Å²) < 4.78 is 25.6. The second kappa shape index (κ2) is 10.8. The summed E-state index contributed by atoms with van der Waals surface area (Å²) in [7, 11) is -2.12. The zero-order chi connectivity index (χ0) is 25.0. The lowest BCUT2D eigenvalue weighted by atomic mass is 9.96. The maximum absolute atomic E-state index is 14.8. The molecule has 9 heteroatoms. The van der Waals surface area contributed by atoms with Crippen molar-refractivity contribution in [2.75, 3.05) is 13.7 Å². The van der Waals surface area contributed by atoms with Crippen LogP contribution in [0.5, 0.6) is 0 Å². The minimum absolute atomic E-state index is 0.157. The molecule has 0 spiro atoms. The Labute approximate surface area is 203 Å². The molecule has 8 nitrogen and oxygen atoms in total. The Hall–Kier alpha value is -2.84. The summed E-state index contributed by atoms with van der Waals surface area (Å²) in [6, 6.07) is 23.4. The molecule has 0 saturated carbocycles. The van der Waals surface area contributed by atoms with Crippen LogP contribution in [0, 0.1) is 0 Å². The average molecular weight is 497 g/mol. The highest BCUT2D eigenvalue weighted by atomic mass is 31.2. The molecular formula is C26H28NO7P. The summed E-state index contributed by atoms with van der Waals surface area (Å²) in [5, 5.41) is 34.5. The Balaban J connectivity index is 1.76. The standard InChI is InChI=1S/C26H28NO7P/c1-33-26-22(24(30)23(29)20(16-28)34-26)27-25(31)19-14-8-9-15-21(19)35(32,17-10-4-2-5-11-17)18-12-6-3-7-13-18/h2-15,20,22-24,26,28-30H,16H2,1H3,(H,27,31)/t20?,22?,23-,24+,26?/m0/s1. The fraction of sp³-hybridized carbons (Fsp3) is 0.269. The SMILES string of the molecule is COC1OC(CO)[C@H](O)[C@H](O)C1NC(=O)c1ccccc1P(=O)(c1ccccc1)c1ccccc1. The monoisotopic (exact) mass is 497 g/mol. The van der Waals surface area contributed by atoms with Crippen molar-refractivity contribution < 1.29 is 34.2 Å². The van der Waals surface area contributed by atoms with Crippen molar-refractivity contribution in [3.8, 4) is 0 Å². The minimum Gasteiger partial charge on any atom is -0.394 e. The third-order valence-electron chi connectivity index (χ3n) is 6.14. The van der Waals surface area contributed by atoms with E-state index in [1.165, 1.54) is 7.11 Å². The van der Waals surface area contributed by atoms with Crippen molar-refractivity contribution in [3.05, 3.63) is 90.5 Å². The topological polar surface area (TPSA) is 125 Å². The number of carbonyl (C=O) groups is 1. The van der Waals surface area contributed by atoms with Gasteiger partial charge in [0.2, 0.25) is 0 Å². The zero-order valence-electron chi connectivity index (χ0n) is 19.1. The highest BCUT2D eigenvalue weighted by Crippen LogP contribution is 2.43. The van der Waals surface area contributed by atoms with Gasteiger partial charge in [0, 0.05) is 23.0 Å². The molecule has 4 rings (SSSR count). The molecule has 35 heavy (non-hydrogen) atoms. The van der Waals surface area contributed by atoms with E-state index in [2.05, 4.69) is 5.32 Å². The quantitative estimate of drug-likeness (QED) is 0.351. The average Bonchev–Trinajstić information content (AvgIpc) is 2.92. The summed E-state index contributed by atoms with van der Waals surface area (Å²) in [6.07, 6.45) is -5.08. The van der Waals surface area contributed by atoms with E-state index in [1.54, 1.807) is 72.8 Å². The smallest absolute Gasteiger partial charge is 0.252 e. The van der Waals surface area contributed by atoms with Gasteiger partial charge in [0.15, 0.2) is 13.4 Å². The second-order valence-electron chi connectivity index (χ2n) is 8.24. The van der Waals surface area contributed by atoms with Crippen LogP contribution in [-0.4, -0.2) is 65.6 Å². The normalized spacial score (nSPS) is 24.6. The molecule has 0 bridgehead atoms. The molecule has 3 aromatic rings. The maximum atomic E-state index is 14.8. The number of nitrogens with one attached hydrogen (secondary N) is 1. The number of benzene rings is 3. The van der Waals surface area contributed by atoms with Crippen LogP contribution in [0.2, 0.25) is 0 Å². The predicted molar refractivity (Wildman–Crippen MR) is 132 cm³/mol. The third-order valence-corrected chi connectivity index (χ3v) is 9.26. The van der Waals surface area contributed by atoms with Crippen molar-refractivity contribution >= 4 is 29.0 Å². The van der Waals surface area contributed by atoms with Gasteiger partial charge in [0.05, 0.1) is 12.2 Å². The summed E-state index contributed by atoms with van der Waals surface area (Å²) in [5.74, 6) is -0.614. The molecule has 1 fully saturated rings. The fourth-order valence-electron chi connectivity index (χ4n) is 4.31. The molecular weight excluding hydrogens is 469 g/mol. The van der Waals surface area contributed by atoms with Crippen LogP contribution in [0.4, 0.5) is 0 Å². The van der Waals surface area contributed by atoms with E-state index in [-0.39, 0.29) is 5.56 Å². The van der Waals surface area contributed by atoms with E-state index >= 15 is 0 Å². The third kappa shape index (κ3) is 4.82. The molecule has 0 aliphatic carbocycles. The maximum Gasteiger partial charge on any atom is 0.252 e. The van der Waals surface area contributed by atoms with Gasteiger partial charge in [-0.2, -0.15) is 0 Å². The summed E-state index contributed by atoms with van der Waals surface area (Å²) in [5.41, 5.74) is 0.157. The van der Waals surface area contributed by atoms with E-state index in [0.717, 1.165) is 0 Å². The van der Waals surface area contributed by atoms with Crippen LogP contribution in [0.25, 0.3) is 0 Å². The van der Waals surface area contributed by atoms with Crippen molar-refractivity contribution in [1.82, 2.24) is 5.32 Å². The number of ether oxygens (including phenoxy) is 2. The summed E-state index contributed by atoms with van der Waals surface area (Å²) in [6.45, 7) is -0.529. The molecule has 0 radical (unpaired) electrons. The number of aliphatic hydroxyl groups is 3. The Bertz CT molecular complexity index is 1150. The van der Waals surface area contributed by atoms with Gasteiger partial charge in [0.1, 0.15) is 24.4 Å². The number of carbonyl (C=O) groups excluding carboxylic acids is 1. The van der Waals surface area contributed by atoms with Crippen molar-refractivity contribution in [1.29, 1.82) is 0 Å². The van der Waals surface area contributed by atoms with E-state index < -0.39 is 50.3 Å². The van der Waals surface area contributed by atoms with Crippen molar-refractivity contribution in [3.63, 3.8) is 0 Å². The molecule has 1 aliphatic heterocycles. The van der Waals surface area contributed by atoms with Gasteiger partial charge in [-0.25, -0.2) is 0 Å². The summed E-state index contributed by atoms with van der Waals surface area (Å²) in [4.78, 5) is 13.5. The fourth-order valence-corrected chi connectivity index (χ4v) is 7.16. The van der Waals surface area contributed by atoms with Crippen LogP contribution in [0.15, 0.2) is 84.9 Å². The van der Waals surface area contributed by atoms with Crippen LogP contribution >= 0.6 is 7.14 Å². The van der Waals surface area contributed by atoms with Gasteiger partial charge in [-0.05, 0) is 6.07 Å². The molecule has 1 heterocycles. The molecule has 3 aromatic carbocycles. The second-order valence-corrected chi connectivity index (χ2v) is 11.0. The Morgan fingerprint density at radius 1 is 0.914 bits per heavy atom. The Morgan fingerprint density at radius 3 is 2.00 bits per heavy atom. The number of rotatable bonds is 7. The van der Waals surface area contributed by atoms with Crippen LogP contribution in [0.3, 0.4) is 0 Å². The first-order valence-corrected chi connectivity index (χ1v) is 12.9. The first-order chi connectivity index (χ1) is 16.9. The number of hydrogen-bond acceptors (Lipinski definition) is 7. The van der Waals surface area contributed by atoms with Gasteiger partial charge in [-0.1, -0.05) is 78.9 Å².